The van der Waals surface area contributed by atoms with Gasteiger partial charge in [-0.05, 0) is 6.92 Å². The lowest BCUT2D eigenvalue weighted by atomic mass is 10.1. The van der Waals surface area contributed by atoms with Gasteiger partial charge in [0.1, 0.15) is 0 Å². The summed E-state index contributed by atoms with van der Waals surface area (Å²) in [6.45, 7) is 2.06. The van der Waals surface area contributed by atoms with Crippen LogP contribution in [0, 0.1) is 0 Å². The van der Waals surface area contributed by atoms with Gasteiger partial charge in [-0.3, -0.25) is 0 Å². The van der Waals surface area contributed by atoms with Gasteiger partial charge >= 0.3 is 11.9 Å². The first-order valence-corrected chi connectivity index (χ1v) is 6.69. The van der Waals surface area contributed by atoms with Crippen LogP contribution >= 0.6 is 22.7 Å². The van der Waals surface area contributed by atoms with Crippen molar-refractivity contribution in [1.29, 1.82) is 0 Å². The lowest BCUT2D eigenvalue weighted by Gasteiger charge is -2.00. The zero-order valence-corrected chi connectivity index (χ0v) is 10.9. The van der Waals surface area contributed by atoms with E-state index in [-0.39, 0.29) is 0 Å². The Bertz CT molecular complexity index is 567. The van der Waals surface area contributed by atoms with Gasteiger partial charge in [-0.15, -0.1) is 22.7 Å². The van der Waals surface area contributed by atoms with Crippen molar-refractivity contribution in [3.8, 4) is 0 Å². The summed E-state index contributed by atoms with van der Waals surface area (Å²) in [5.41, 5.74) is 0.866. The van der Waals surface area contributed by atoms with Gasteiger partial charge in [-0.1, -0.05) is 0 Å². The molecule has 0 fully saturated rings. The number of hydrogen-bond acceptors (Lipinski definition) is 6. The molecule has 17 heavy (non-hydrogen) atoms. The van der Waals surface area contributed by atoms with E-state index >= 15 is 0 Å². The van der Waals surface area contributed by atoms with Crippen molar-refractivity contribution in [2.24, 2.45) is 0 Å². The Balaban J connectivity index is 2.53. The minimum absolute atomic E-state index is 0.313. The van der Waals surface area contributed by atoms with Crippen molar-refractivity contribution >= 4 is 44.0 Å². The number of esters is 2. The lowest BCUT2D eigenvalue weighted by Crippen LogP contribution is -2.06. The molecule has 0 atom stereocenters. The van der Waals surface area contributed by atoms with Gasteiger partial charge in [0.15, 0.2) is 0 Å². The predicted molar refractivity (Wildman–Crippen MR) is 67.0 cm³/mol. The third kappa shape index (κ3) is 2.05. The second-order valence-electron chi connectivity index (χ2n) is 3.17. The first-order valence-electron chi connectivity index (χ1n) is 4.93. The number of carbonyl (C=O) groups excluding carboxylic acids is 2. The normalized spacial score (nSPS) is 10.5. The van der Waals surface area contributed by atoms with Gasteiger partial charge in [0.2, 0.25) is 0 Å². The van der Waals surface area contributed by atoms with E-state index in [0.717, 1.165) is 4.01 Å². The van der Waals surface area contributed by atoms with Crippen molar-refractivity contribution in [1.82, 2.24) is 0 Å². The number of methoxy groups -OCH3 is 1. The van der Waals surface area contributed by atoms with Crippen LogP contribution in [0.15, 0.2) is 10.8 Å². The van der Waals surface area contributed by atoms with Gasteiger partial charge in [0.05, 0.1) is 28.9 Å². The number of ether oxygens (including phenoxy) is 2. The zero-order valence-electron chi connectivity index (χ0n) is 9.31. The molecule has 2 aromatic rings. The number of fused-ring (bicyclic) bond motifs is 1. The highest BCUT2D eigenvalue weighted by atomic mass is 32.2. The van der Waals surface area contributed by atoms with Gasteiger partial charge in [-0.2, -0.15) is 0 Å². The molecule has 0 unspecified atom stereocenters. The molecule has 0 saturated carbocycles. The minimum atomic E-state index is -0.430. The highest BCUT2D eigenvalue weighted by Crippen LogP contribution is 2.35. The fourth-order valence-electron chi connectivity index (χ4n) is 1.47. The standard InChI is InChI=1S/C11H10O4S2/c1-3-15-10(13)7-5-17-11-8(7)6(4-16-11)9(12)14-2/h4-5H,3H2,1-2H3. The van der Waals surface area contributed by atoms with E-state index in [4.69, 9.17) is 4.74 Å². The Hall–Kier alpha value is -1.40. The smallest absolute Gasteiger partial charge is 0.339 e. The third-order valence-corrected chi connectivity index (χ3v) is 4.33. The highest BCUT2D eigenvalue weighted by molar-refractivity contribution is 7.37. The second-order valence-corrected chi connectivity index (χ2v) is 5.19. The minimum Gasteiger partial charge on any atom is -0.465 e. The maximum absolute atomic E-state index is 11.7. The van der Waals surface area contributed by atoms with Crippen LogP contribution in [-0.4, -0.2) is 25.7 Å². The predicted octanol–water partition coefficient (Wildman–Crippen LogP) is 2.93. The average Bonchev–Trinajstić information content (AvgIpc) is 2.88. The van der Waals surface area contributed by atoms with Crippen LogP contribution < -0.4 is 0 Å². The molecule has 2 aromatic heterocycles. The molecular formula is C11H10O4S2. The molecule has 2 rings (SSSR count). The van der Waals surface area contributed by atoms with Crippen LogP contribution in [-0.2, 0) is 9.47 Å². The van der Waals surface area contributed by atoms with Crippen molar-refractivity contribution in [2.45, 2.75) is 6.92 Å². The van der Waals surface area contributed by atoms with Crippen LogP contribution in [0.4, 0.5) is 0 Å². The van der Waals surface area contributed by atoms with E-state index in [9.17, 15) is 9.59 Å². The lowest BCUT2D eigenvalue weighted by molar-refractivity contribution is 0.0529. The molecule has 4 nitrogen and oxygen atoms in total. The molecule has 0 aliphatic heterocycles. The van der Waals surface area contributed by atoms with E-state index < -0.39 is 11.9 Å². The summed E-state index contributed by atoms with van der Waals surface area (Å²) >= 11 is 2.85. The topological polar surface area (TPSA) is 52.6 Å². The van der Waals surface area contributed by atoms with E-state index in [2.05, 4.69) is 4.74 Å². The number of thiophene rings is 2. The Kier molecular flexibility index (Phi) is 3.44. The Morgan fingerprint density at radius 3 is 2.29 bits per heavy atom. The molecular weight excluding hydrogens is 260 g/mol. The summed E-state index contributed by atoms with van der Waals surface area (Å²) in [6, 6.07) is 0. The van der Waals surface area contributed by atoms with Crippen molar-refractivity contribution < 1.29 is 19.1 Å². The largest absolute Gasteiger partial charge is 0.465 e. The van der Waals surface area contributed by atoms with E-state index in [1.165, 1.54) is 29.8 Å². The number of rotatable bonds is 3. The van der Waals surface area contributed by atoms with E-state index in [1.54, 1.807) is 17.7 Å². The van der Waals surface area contributed by atoms with Crippen molar-refractivity contribution in [3.63, 3.8) is 0 Å². The first-order chi connectivity index (χ1) is 8.19. The molecule has 0 aliphatic rings. The zero-order chi connectivity index (χ0) is 12.4. The summed E-state index contributed by atoms with van der Waals surface area (Å²) in [7, 11) is 1.32. The van der Waals surface area contributed by atoms with Gasteiger partial charge < -0.3 is 9.47 Å². The maximum Gasteiger partial charge on any atom is 0.339 e. The SMILES string of the molecule is CCOC(=O)c1csc2scc(C(=O)OC)c12. The summed E-state index contributed by atoms with van der Waals surface area (Å²) in [5, 5.41) is 4.06. The average molecular weight is 270 g/mol. The van der Waals surface area contributed by atoms with E-state index in [1.807, 2.05) is 0 Å². The molecule has 2 heterocycles. The van der Waals surface area contributed by atoms with E-state index in [0.29, 0.717) is 23.1 Å². The quantitative estimate of drug-likeness (QED) is 0.805. The molecule has 0 bridgehead atoms. The highest BCUT2D eigenvalue weighted by Gasteiger charge is 2.21. The monoisotopic (exact) mass is 270 g/mol. The van der Waals surface area contributed by atoms with Crippen molar-refractivity contribution in [3.05, 3.63) is 21.9 Å². The maximum atomic E-state index is 11.7. The fourth-order valence-corrected chi connectivity index (χ4v) is 3.54. The van der Waals surface area contributed by atoms with Gasteiger partial charge in [0, 0.05) is 16.1 Å². The summed E-state index contributed by atoms with van der Waals surface area (Å²) in [6.07, 6.45) is 0. The van der Waals surface area contributed by atoms with Gasteiger partial charge in [0.25, 0.3) is 0 Å². The Labute approximate surface area is 106 Å². The van der Waals surface area contributed by atoms with Crippen LogP contribution in [0.5, 0.6) is 0 Å². The summed E-state index contributed by atoms with van der Waals surface area (Å²) in [4.78, 5) is 23.3. The molecule has 0 spiro atoms. The number of carbonyl (C=O) groups is 2. The van der Waals surface area contributed by atoms with Crippen LogP contribution in [0.3, 0.4) is 0 Å². The second kappa shape index (κ2) is 4.85. The molecule has 0 saturated heterocycles. The first kappa shape index (κ1) is 12.1. The van der Waals surface area contributed by atoms with Gasteiger partial charge in [-0.25, -0.2) is 9.59 Å². The van der Waals surface area contributed by atoms with Crippen LogP contribution in [0.2, 0.25) is 0 Å². The Morgan fingerprint density at radius 2 is 1.76 bits per heavy atom. The molecule has 0 N–H and O–H groups in total. The molecule has 0 amide bonds. The molecule has 0 aromatic carbocycles. The third-order valence-electron chi connectivity index (χ3n) is 2.21. The molecule has 0 aliphatic carbocycles. The number of hydrogen-bond donors (Lipinski definition) is 0. The van der Waals surface area contributed by atoms with Crippen LogP contribution in [0.1, 0.15) is 27.6 Å². The fraction of sp³-hybridized carbons (Fsp3) is 0.273. The molecule has 0 radical (unpaired) electrons. The summed E-state index contributed by atoms with van der Waals surface area (Å²) < 4.78 is 10.6. The molecule has 90 valence electrons. The summed E-state index contributed by atoms with van der Waals surface area (Å²) in [5.74, 6) is -0.831. The van der Waals surface area contributed by atoms with Crippen LogP contribution in [0.25, 0.3) is 9.40 Å². The molecule has 6 heteroatoms. The Morgan fingerprint density at radius 1 is 1.18 bits per heavy atom. The van der Waals surface area contributed by atoms with Crippen molar-refractivity contribution in [2.75, 3.05) is 13.7 Å².